The zero-order chi connectivity index (χ0) is 20.1. The molecule has 1 atom stereocenters. The Morgan fingerprint density at radius 2 is 1.90 bits per heavy atom. The van der Waals surface area contributed by atoms with Crippen LogP contribution in [-0.4, -0.2) is 31.4 Å². The summed E-state index contributed by atoms with van der Waals surface area (Å²) in [5, 5.41) is 14.3. The predicted molar refractivity (Wildman–Crippen MR) is 116 cm³/mol. The van der Waals surface area contributed by atoms with Crippen LogP contribution in [0.5, 0.6) is 0 Å². The number of nitrogens with one attached hydrogen (secondary N) is 1. The van der Waals surface area contributed by atoms with Crippen molar-refractivity contribution in [3.05, 3.63) is 82.8 Å². The third kappa shape index (κ3) is 4.55. The predicted octanol–water partition coefficient (Wildman–Crippen LogP) is 3.94. The van der Waals surface area contributed by atoms with Crippen molar-refractivity contribution in [1.29, 1.82) is 0 Å². The number of thiophene rings is 1. The Labute approximate surface area is 177 Å². The van der Waals surface area contributed by atoms with Crippen LogP contribution in [0, 0.1) is 0 Å². The average Bonchev–Trinajstić information content (AvgIpc) is 3.42. The van der Waals surface area contributed by atoms with Crippen molar-refractivity contribution in [2.45, 2.75) is 11.2 Å². The molecule has 0 aliphatic carbocycles. The zero-order valence-corrected chi connectivity index (χ0v) is 17.4. The molecule has 0 saturated heterocycles. The summed E-state index contributed by atoms with van der Waals surface area (Å²) < 4.78 is 1.89. The maximum absolute atomic E-state index is 12.7. The highest BCUT2D eigenvalue weighted by Gasteiger charge is 2.19. The van der Waals surface area contributed by atoms with E-state index in [1.165, 1.54) is 11.8 Å². The van der Waals surface area contributed by atoms with Gasteiger partial charge in [-0.15, -0.1) is 21.5 Å². The van der Waals surface area contributed by atoms with Crippen molar-refractivity contribution in [2.75, 3.05) is 5.75 Å². The van der Waals surface area contributed by atoms with Crippen LogP contribution in [0.15, 0.2) is 77.5 Å². The van der Waals surface area contributed by atoms with Crippen molar-refractivity contribution in [2.24, 2.45) is 7.05 Å². The van der Waals surface area contributed by atoms with E-state index in [0.29, 0.717) is 5.16 Å². The Balaban J connectivity index is 1.44. The fraction of sp³-hybridized carbons (Fsp3) is 0.143. The molecule has 0 unspecified atom stereocenters. The molecule has 0 radical (unpaired) electrons. The summed E-state index contributed by atoms with van der Waals surface area (Å²) in [7, 11) is 1.90. The summed E-state index contributed by atoms with van der Waals surface area (Å²) in [5.41, 5.74) is 2.00. The molecule has 1 amide bonds. The van der Waals surface area contributed by atoms with Crippen LogP contribution in [0.3, 0.4) is 0 Å². The normalized spacial score (nSPS) is 11.9. The van der Waals surface area contributed by atoms with Gasteiger partial charge in [0.15, 0.2) is 11.0 Å². The molecule has 1 aromatic carbocycles. The van der Waals surface area contributed by atoms with Crippen LogP contribution < -0.4 is 5.32 Å². The van der Waals surface area contributed by atoms with Crippen molar-refractivity contribution in [1.82, 2.24) is 25.1 Å². The molecule has 0 aliphatic heterocycles. The van der Waals surface area contributed by atoms with Crippen LogP contribution in [0.4, 0.5) is 0 Å². The molecule has 0 spiro atoms. The largest absolute Gasteiger partial charge is 0.344 e. The molecule has 8 heteroatoms. The highest BCUT2D eigenvalue weighted by atomic mass is 32.2. The minimum Gasteiger partial charge on any atom is -0.344 e. The average molecular weight is 422 g/mol. The molecule has 0 aliphatic rings. The lowest BCUT2D eigenvalue weighted by Crippen LogP contribution is -2.30. The summed E-state index contributed by atoms with van der Waals surface area (Å²) in [4.78, 5) is 17.8. The van der Waals surface area contributed by atoms with Gasteiger partial charge in [-0.3, -0.25) is 9.78 Å². The van der Waals surface area contributed by atoms with Crippen molar-refractivity contribution in [3.8, 4) is 11.4 Å². The van der Waals surface area contributed by atoms with E-state index in [1.54, 1.807) is 23.7 Å². The highest BCUT2D eigenvalue weighted by molar-refractivity contribution is 7.99. The SMILES string of the molecule is Cn1c(SCC(=O)N[C@@H](c2ccccc2)c2cccs2)nnc1-c1ccncc1. The Bertz CT molecular complexity index is 1070. The quantitative estimate of drug-likeness (QED) is 0.458. The Morgan fingerprint density at radius 3 is 2.62 bits per heavy atom. The van der Waals surface area contributed by atoms with Gasteiger partial charge in [0.05, 0.1) is 11.8 Å². The molecule has 0 fully saturated rings. The Kier molecular flexibility index (Phi) is 6.02. The molecule has 6 nitrogen and oxygen atoms in total. The van der Waals surface area contributed by atoms with E-state index in [4.69, 9.17) is 0 Å². The Hall–Kier alpha value is -2.97. The summed E-state index contributed by atoms with van der Waals surface area (Å²) in [6, 6.07) is 17.7. The standard InChI is InChI=1S/C21H19N5OS2/c1-26-20(16-9-11-22-12-10-16)24-25-21(26)29-14-18(27)23-19(17-8-5-13-28-17)15-6-3-2-4-7-15/h2-13,19H,14H2,1H3,(H,23,27)/t19-/m0/s1. The molecular formula is C21H19N5OS2. The highest BCUT2D eigenvalue weighted by Crippen LogP contribution is 2.27. The summed E-state index contributed by atoms with van der Waals surface area (Å²) in [5.74, 6) is 0.957. The number of hydrogen-bond donors (Lipinski definition) is 1. The van der Waals surface area contributed by atoms with Crippen LogP contribution in [0.1, 0.15) is 16.5 Å². The van der Waals surface area contributed by atoms with Gasteiger partial charge in [0.25, 0.3) is 0 Å². The number of nitrogens with zero attached hydrogens (tertiary/aromatic N) is 4. The fourth-order valence-electron chi connectivity index (χ4n) is 2.95. The van der Waals surface area contributed by atoms with E-state index in [1.807, 2.05) is 71.6 Å². The van der Waals surface area contributed by atoms with E-state index in [2.05, 4.69) is 20.5 Å². The minimum atomic E-state index is -0.156. The van der Waals surface area contributed by atoms with E-state index < -0.39 is 0 Å². The van der Waals surface area contributed by atoms with E-state index >= 15 is 0 Å². The van der Waals surface area contributed by atoms with Gasteiger partial charge >= 0.3 is 0 Å². The summed E-state index contributed by atoms with van der Waals surface area (Å²) in [6.07, 6.45) is 3.44. The first-order valence-electron chi connectivity index (χ1n) is 9.02. The van der Waals surface area contributed by atoms with Crippen molar-refractivity contribution in [3.63, 3.8) is 0 Å². The minimum absolute atomic E-state index is 0.0503. The second kappa shape index (κ2) is 9.02. The molecule has 3 heterocycles. The van der Waals surface area contributed by atoms with Crippen LogP contribution in [0.25, 0.3) is 11.4 Å². The molecule has 1 N–H and O–H groups in total. The topological polar surface area (TPSA) is 72.7 Å². The number of amides is 1. The third-order valence-electron chi connectivity index (χ3n) is 4.37. The van der Waals surface area contributed by atoms with Gasteiger partial charge in [-0.05, 0) is 29.1 Å². The second-order valence-electron chi connectivity index (χ2n) is 6.32. The molecule has 0 bridgehead atoms. The number of hydrogen-bond acceptors (Lipinski definition) is 6. The summed E-state index contributed by atoms with van der Waals surface area (Å²) in [6.45, 7) is 0. The molecule has 4 aromatic rings. The number of aromatic nitrogens is 4. The van der Waals surface area contributed by atoms with Gasteiger partial charge in [-0.2, -0.15) is 0 Å². The third-order valence-corrected chi connectivity index (χ3v) is 6.33. The number of benzene rings is 1. The smallest absolute Gasteiger partial charge is 0.231 e. The maximum atomic E-state index is 12.7. The molecule has 0 saturated carbocycles. The zero-order valence-electron chi connectivity index (χ0n) is 15.7. The first kappa shape index (κ1) is 19.4. The molecular weight excluding hydrogens is 402 g/mol. The number of rotatable bonds is 7. The lowest BCUT2D eigenvalue weighted by molar-refractivity contribution is -0.119. The van der Waals surface area contributed by atoms with Crippen LogP contribution in [0.2, 0.25) is 0 Å². The van der Waals surface area contributed by atoms with Gasteiger partial charge in [0.2, 0.25) is 5.91 Å². The molecule has 4 rings (SSSR count). The van der Waals surface area contributed by atoms with Crippen molar-refractivity contribution < 1.29 is 4.79 Å². The van der Waals surface area contributed by atoms with Crippen LogP contribution >= 0.6 is 23.1 Å². The van der Waals surface area contributed by atoms with Gasteiger partial charge in [-0.25, -0.2) is 0 Å². The summed E-state index contributed by atoms with van der Waals surface area (Å²) >= 11 is 3.00. The lowest BCUT2D eigenvalue weighted by atomic mass is 10.1. The number of thioether (sulfide) groups is 1. The maximum Gasteiger partial charge on any atom is 0.231 e. The number of carbonyl (C=O) groups excluding carboxylic acids is 1. The fourth-order valence-corrected chi connectivity index (χ4v) is 4.47. The van der Waals surface area contributed by atoms with Gasteiger partial charge in [-0.1, -0.05) is 48.2 Å². The number of carbonyl (C=O) groups is 1. The molecule has 29 heavy (non-hydrogen) atoms. The van der Waals surface area contributed by atoms with E-state index in [9.17, 15) is 4.79 Å². The molecule has 3 aromatic heterocycles. The van der Waals surface area contributed by atoms with Gasteiger partial charge in [0, 0.05) is 29.9 Å². The first-order chi connectivity index (χ1) is 14.2. The van der Waals surface area contributed by atoms with Gasteiger partial charge in [0.1, 0.15) is 0 Å². The lowest BCUT2D eigenvalue weighted by Gasteiger charge is -2.18. The van der Waals surface area contributed by atoms with Crippen molar-refractivity contribution >= 4 is 29.0 Å². The van der Waals surface area contributed by atoms with E-state index in [-0.39, 0.29) is 17.7 Å². The number of pyridine rings is 1. The Morgan fingerprint density at radius 1 is 1.10 bits per heavy atom. The molecule has 146 valence electrons. The van der Waals surface area contributed by atoms with Gasteiger partial charge < -0.3 is 9.88 Å². The van der Waals surface area contributed by atoms with E-state index in [0.717, 1.165) is 21.8 Å². The first-order valence-corrected chi connectivity index (χ1v) is 10.9. The second-order valence-corrected chi connectivity index (χ2v) is 8.24. The van der Waals surface area contributed by atoms with Crippen LogP contribution in [-0.2, 0) is 11.8 Å². The monoisotopic (exact) mass is 421 g/mol.